The number of halogens is 1. The molecule has 24 heavy (non-hydrogen) atoms. The van der Waals surface area contributed by atoms with Gasteiger partial charge >= 0.3 is 0 Å². The van der Waals surface area contributed by atoms with E-state index in [9.17, 15) is 13.2 Å². The molecule has 0 saturated heterocycles. The summed E-state index contributed by atoms with van der Waals surface area (Å²) in [6.45, 7) is 6.58. The van der Waals surface area contributed by atoms with Crippen molar-refractivity contribution < 1.29 is 13.2 Å². The predicted molar refractivity (Wildman–Crippen MR) is 97.2 cm³/mol. The maximum absolute atomic E-state index is 12.8. The second-order valence-corrected chi connectivity index (χ2v) is 7.74. The number of hydrogen-bond donors (Lipinski definition) is 2. The number of nitrogens with one attached hydrogen (secondary N) is 2. The van der Waals surface area contributed by atoms with Gasteiger partial charge in [-0.05, 0) is 67.8 Å². The predicted octanol–water partition coefficient (Wildman–Crippen LogP) is 4.02. The monoisotopic (exact) mass is 366 g/mol. The van der Waals surface area contributed by atoms with Crippen LogP contribution < -0.4 is 10.0 Å². The van der Waals surface area contributed by atoms with Crippen molar-refractivity contribution in [3.8, 4) is 0 Å². The second-order valence-electron chi connectivity index (χ2n) is 5.69. The normalized spacial score (nSPS) is 11.2. The highest BCUT2D eigenvalue weighted by Crippen LogP contribution is 2.28. The Morgan fingerprint density at radius 2 is 1.58 bits per heavy atom. The lowest BCUT2D eigenvalue weighted by Crippen LogP contribution is -2.17. The summed E-state index contributed by atoms with van der Waals surface area (Å²) in [5, 5.41) is 3.21. The molecule has 7 heteroatoms. The lowest BCUT2D eigenvalue weighted by Gasteiger charge is -2.16. The molecular formula is C17H19ClN2O3S. The third-order valence-corrected chi connectivity index (χ3v) is 5.39. The first kappa shape index (κ1) is 18.3. The summed E-state index contributed by atoms with van der Waals surface area (Å²) in [6.07, 6.45) is 0. The molecule has 0 radical (unpaired) electrons. The number of hydrogen-bond acceptors (Lipinski definition) is 3. The van der Waals surface area contributed by atoms with Crippen molar-refractivity contribution in [2.75, 3.05) is 10.0 Å². The summed E-state index contributed by atoms with van der Waals surface area (Å²) < 4.78 is 28.2. The van der Waals surface area contributed by atoms with Crippen LogP contribution in [0.3, 0.4) is 0 Å². The average Bonchev–Trinajstić information content (AvgIpc) is 2.39. The van der Waals surface area contributed by atoms with E-state index in [0.717, 1.165) is 5.56 Å². The number of carbonyl (C=O) groups is 1. The van der Waals surface area contributed by atoms with Gasteiger partial charge in [0.25, 0.3) is 10.0 Å². The van der Waals surface area contributed by atoms with Crippen molar-refractivity contribution >= 4 is 38.9 Å². The Morgan fingerprint density at radius 1 is 1.00 bits per heavy atom. The molecule has 2 aromatic carbocycles. The van der Waals surface area contributed by atoms with E-state index in [2.05, 4.69) is 10.0 Å². The standard InChI is InChI=1S/C17H19ClN2O3S/c1-10-7-14(18)5-6-16(10)20-24(22,23)17-11(2)8-15(9-12(17)3)19-13(4)21/h5-9,20H,1-4H3,(H,19,21). The molecule has 0 spiro atoms. The van der Waals surface area contributed by atoms with Crippen LogP contribution in [0.4, 0.5) is 11.4 Å². The molecule has 0 aliphatic heterocycles. The third kappa shape index (κ3) is 4.07. The van der Waals surface area contributed by atoms with E-state index in [1.165, 1.54) is 6.92 Å². The van der Waals surface area contributed by atoms with E-state index in [4.69, 9.17) is 11.6 Å². The fourth-order valence-electron chi connectivity index (χ4n) is 2.59. The smallest absolute Gasteiger partial charge is 0.262 e. The number of anilines is 2. The first-order valence-electron chi connectivity index (χ1n) is 7.28. The van der Waals surface area contributed by atoms with Crippen LogP contribution in [0, 0.1) is 20.8 Å². The lowest BCUT2D eigenvalue weighted by molar-refractivity contribution is -0.114. The van der Waals surface area contributed by atoms with Crippen LogP contribution in [0.2, 0.25) is 5.02 Å². The highest BCUT2D eigenvalue weighted by atomic mass is 35.5. The molecule has 2 N–H and O–H groups in total. The number of sulfonamides is 1. The van der Waals surface area contributed by atoms with Gasteiger partial charge in [0.05, 0.1) is 10.6 Å². The van der Waals surface area contributed by atoms with Crippen LogP contribution in [0.25, 0.3) is 0 Å². The average molecular weight is 367 g/mol. The van der Waals surface area contributed by atoms with Gasteiger partial charge in [0.2, 0.25) is 5.91 Å². The van der Waals surface area contributed by atoms with Crippen molar-refractivity contribution in [1.29, 1.82) is 0 Å². The molecule has 0 heterocycles. The van der Waals surface area contributed by atoms with Gasteiger partial charge in [-0.25, -0.2) is 8.42 Å². The summed E-state index contributed by atoms with van der Waals surface area (Å²) in [7, 11) is -3.76. The highest BCUT2D eigenvalue weighted by Gasteiger charge is 2.21. The van der Waals surface area contributed by atoms with Crippen LogP contribution in [-0.4, -0.2) is 14.3 Å². The van der Waals surface area contributed by atoms with Crippen molar-refractivity contribution in [2.24, 2.45) is 0 Å². The molecule has 0 fully saturated rings. The molecule has 2 aromatic rings. The molecule has 0 bridgehead atoms. The van der Waals surface area contributed by atoms with Crippen LogP contribution in [-0.2, 0) is 14.8 Å². The molecule has 0 aliphatic carbocycles. The number of carbonyl (C=O) groups excluding carboxylic acids is 1. The molecule has 1 amide bonds. The number of benzene rings is 2. The van der Waals surface area contributed by atoms with Crippen molar-refractivity contribution in [2.45, 2.75) is 32.6 Å². The van der Waals surface area contributed by atoms with Crippen LogP contribution in [0.15, 0.2) is 35.2 Å². The van der Waals surface area contributed by atoms with Gasteiger partial charge in [-0.1, -0.05) is 11.6 Å². The van der Waals surface area contributed by atoms with Gasteiger partial charge in [0.1, 0.15) is 0 Å². The molecule has 0 aliphatic rings. The number of amides is 1. The Bertz CT molecular complexity index is 885. The fourth-order valence-corrected chi connectivity index (χ4v) is 4.40. The van der Waals surface area contributed by atoms with E-state index < -0.39 is 10.0 Å². The largest absolute Gasteiger partial charge is 0.326 e. The van der Waals surface area contributed by atoms with Crippen LogP contribution in [0.5, 0.6) is 0 Å². The Labute approximate surface area is 147 Å². The molecule has 128 valence electrons. The van der Waals surface area contributed by atoms with E-state index in [1.807, 2.05) is 0 Å². The third-order valence-electron chi connectivity index (χ3n) is 3.48. The van der Waals surface area contributed by atoms with E-state index in [0.29, 0.717) is 27.5 Å². The van der Waals surface area contributed by atoms with Crippen molar-refractivity contribution in [3.05, 3.63) is 52.0 Å². The zero-order valence-electron chi connectivity index (χ0n) is 13.9. The SMILES string of the molecule is CC(=O)Nc1cc(C)c(S(=O)(=O)Nc2ccc(Cl)cc2C)c(C)c1. The van der Waals surface area contributed by atoms with Crippen LogP contribution >= 0.6 is 11.6 Å². The summed E-state index contributed by atoms with van der Waals surface area (Å²) in [6, 6.07) is 8.23. The maximum Gasteiger partial charge on any atom is 0.262 e. The second kappa shape index (κ2) is 6.83. The summed E-state index contributed by atoms with van der Waals surface area (Å²) in [4.78, 5) is 11.4. The maximum atomic E-state index is 12.8. The minimum Gasteiger partial charge on any atom is -0.326 e. The quantitative estimate of drug-likeness (QED) is 0.857. The minimum atomic E-state index is -3.76. The van der Waals surface area contributed by atoms with Crippen molar-refractivity contribution in [3.63, 3.8) is 0 Å². The molecule has 5 nitrogen and oxygen atoms in total. The van der Waals surface area contributed by atoms with Gasteiger partial charge in [0, 0.05) is 17.6 Å². The van der Waals surface area contributed by atoms with Crippen molar-refractivity contribution in [1.82, 2.24) is 0 Å². The van der Waals surface area contributed by atoms with Gasteiger partial charge < -0.3 is 5.32 Å². The Morgan fingerprint density at radius 3 is 2.08 bits per heavy atom. The molecular weight excluding hydrogens is 348 g/mol. The van der Waals surface area contributed by atoms with E-state index >= 15 is 0 Å². The first-order chi connectivity index (χ1) is 11.1. The summed E-state index contributed by atoms with van der Waals surface area (Å²) in [5.74, 6) is -0.209. The molecule has 0 saturated carbocycles. The van der Waals surface area contributed by atoms with Gasteiger partial charge in [-0.2, -0.15) is 0 Å². The molecule has 0 atom stereocenters. The molecule has 0 unspecified atom stereocenters. The molecule has 0 aromatic heterocycles. The van der Waals surface area contributed by atoms with E-state index in [1.54, 1.807) is 51.1 Å². The fraction of sp³-hybridized carbons (Fsp3) is 0.235. The minimum absolute atomic E-state index is 0.200. The molecule has 2 rings (SSSR count). The van der Waals surface area contributed by atoms with Crippen LogP contribution in [0.1, 0.15) is 23.6 Å². The Balaban J connectivity index is 2.44. The zero-order valence-corrected chi connectivity index (χ0v) is 15.5. The Hall–Kier alpha value is -2.05. The first-order valence-corrected chi connectivity index (χ1v) is 9.14. The Kier molecular flexibility index (Phi) is 5.20. The summed E-state index contributed by atoms with van der Waals surface area (Å²) >= 11 is 5.90. The van der Waals surface area contributed by atoms with Gasteiger partial charge in [0.15, 0.2) is 0 Å². The van der Waals surface area contributed by atoms with Gasteiger partial charge in [-0.3, -0.25) is 9.52 Å². The zero-order chi connectivity index (χ0) is 18.1. The topological polar surface area (TPSA) is 75.3 Å². The number of aryl methyl sites for hydroxylation is 3. The summed E-state index contributed by atoms with van der Waals surface area (Å²) in [5.41, 5.74) is 2.88. The highest BCUT2D eigenvalue weighted by molar-refractivity contribution is 7.92. The lowest BCUT2D eigenvalue weighted by atomic mass is 10.1. The van der Waals surface area contributed by atoms with Gasteiger partial charge in [-0.15, -0.1) is 0 Å². The number of rotatable bonds is 4. The van der Waals surface area contributed by atoms with E-state index in [-0.39, 0.29) is 10.8 Å².